The molecule has 2 unspecified atom stereocenters. The van der Waals surface area contributed by atoms with Gasteiger partial charge in [0.1, 0.15) is 0 Å². The topological polar surface area (TPSA) is 182 Å². The molecule has 1 aliphatic rings. The fraction of sp³-hybridized carbons (Fsp3) is 0.250. The first-order chi connectivity index (χ1) is 14.0. The minimum Gasteiger partial charge on any atom is -0.493 e. The fourth-order valence-electron chi connectivity index (χ4n) is 2.77. The zero-order chi connectivity index (χ0) is 22.2. The van der Waals surface area contributed by atoms with Crippen LogP contribution in [0.2, 0.25) is 0 Å². The minimum absolute atomic E-state index is 0.112. The minimum atomic E-state index is -5.25. The van der Waals surface area contributed by atoms with E-state index in [4.69, 9.17) is 18.9 Å². The van der Waals surface area contributed by atoms with E-state index < -0.39 is 44.9 Å². The molecule has 1 saturated heterocycles. The second-order valence-electron chi connectivity index (χ2n) is 6.14. The molecule has 2 heterocycles. The van der Waals surface area contributed by atoms with Crippen molar-refractivity contribution in [2.24, 2.45) is 0 Å². The number of benzene rings is 1. The predicted molar refractivity (Wildman–Crippen MR) is 99.1 cm³/mol. The number of rotatable bonds is 5. The van der Waals surface area contributed by atoms with Gasteiger partial charge in [0.15, 0.2) is 11.5 Å². The summed E-state index contributed by atoms with van der Waals surface area (Å²) in [6.45, 7) is 0. The highest BCUT2D eigenvalue weighted by Gasteiger charge is 2.67. The normalized spacial score (nSPS) is 31.1. The van der Waals surface area contributed by atoms with Crippen molar-refractivity contribution in [1.82, 2.24) is 4.98 Å². The summed E-state index contributed by atoms with van der Waals surface area (Å²) in [7, 11) is -9.29. The maximum atomic E-state index is 12.8. The van der Waals surface area contributed by atoms with Crippen LogP contribution in [0, 0.1) is 0 Å². The number of pyridine rings is 1. The quantitative estimate of drug-likeness (QED) is 0.290. The van der Waals surface area contributed by atoms with Crippen LogP contribution in [0.3, 0.4) is 0 Å². The number of carbonyl (C=O) groups is 1. The van der Waals surface area contributed by atoms with Gasteiger partial charge in [-0.3, -0.25) is 23.2 Å². The van der Waals surface area contributed by atoms with Gasteiger partial charge in [-0.05, 0) is 23.8 Å². The molecule has 1 aromatic heterocycles. The van der Waals surface area contributed by atoms with Crippen molar-refractivity contribution in [2.75, 3.05) is 7.11 Å². The number of methoxy groups -OCH3 is 1. The molecule has 1 fully saturated rings. The Labute approximate surface area is 169 Å². The lowest BCUT2D eigenvalue weighted by molar-refractivity contribution is -0.0589. The van der Waals surface area contributed by atoms with Crippen LogP contribution in [-0.2, 0) is 24.6 Å². The van der Waals surface area contributed by atoms with Gasteiger partial charge in [0.2, 0.25) is 6.29 Å². The molecule has 0 radical (unpaired) electrons. The smallest absolute Gasteiger partial charge is 0.493 e. The molecule has 14 heteroatoms. The Balaban J connectivity index is 2.03. The van der Waals surface area contributed by atoms with E-state index in [1.165, 1.54) is 49.8 Å². The fourth-order valence-corrected chi connectivity index (χ4v) is 6.34. The zero-order valence-corrected chi connectivity index (χ0v) is 17.1. The molecule has 0 saturated carbocycles. The average molecular weight is 461 g/mol. The van der Waals surface area contributed by atoms with Gasteiger partial charge in [-0.25, -0.2) is 4.79 Å². The highest BCUT2D eigenvalue weighted by molar-refractivity contribution is 7.73. The molecule has 0 spiro atoms. The van der Waals surface area contributed by atoms with Crippen LogP contribution in [0.5, 0.6) is 11.5 Å². The summed E-state index contributed by atoms with van der Waals surface area (Å²) in [5.41, 5.74) is -0.144. The van der Waals surface area contributed by atoms with Crippen molar-refractivity contribution in [3.05, 3.63) is 53.9 Å². The molecular weight excluding hydrogens is 444 g/mol. The van der Waals surface area contributed by atoms with E-state index in [1.54, 1.807) is 0 Å². The number of carboxylic acid groups (broad SMARTS) is 1. The van der Waals surface area contributed by atoms with Crippen molar-refractivity contribution in [1.29, 1.82) is 0 Å². The van der Waals surface area contributed by atoms with E-state index in [-0.39, 0.29) is 16.9 Å². The second-order valence-corrected chi connectivity index (χ2v) is 10.5. The number of nitrogens with zero attached hydrogens (tertiary/aromatic N) is 1. The molecule has 0 bridgehead atoms. The molecule has 4 N–H and O–H groups in total. The van der Waals surface area contributed by atoms with Gasteiger partial charge in [0.25, 0.3) is 5.08 Å². The first-order valence-corrected chi connectivity index (χ1v) is 11.4. The molecule has 162 valence electrons. The second kappa shape index (κ2) is 8.09. The molecule has 2 atom stereocenters. The summed E-state index contributed by atoms with van der Waals surface area (Å²) in [5.74, 6) is -0.589. The molecule has 30 heavy (non-hydrogen) atoms. The molecule has 3 rings (SSSR count). The standard InChI is InChI=1S/C16H17NO11P2/c1-25-12-6-2-5-11(13(12)26-15(18)19)14-27-29(21,22)16(20,30(23,24)28-14)8-10-4-3-7-17-9-10/h2-7,9,14,20H,8H2,1H3,(H,18,19)(H,21,22)(H,23,24). The van der Waals surface area contributed by atoms with E-state index in [2.05, 4.69) is 9.72 Å². The number of aromatic nitrogens is 1. The van der Waals surface area contributed by atoms with Gasteiger partial charge in [0.05, 0.1) is 12.7 Å². The maximum Gasteiger partial charge on any atom is 0.511 e. The summed E-state index contributed by atoms with van der Waals surface area (Å²) in [5, 5.41) is 16.5. The Hall–Kier alpha value is -2.30. The lowest BCUT2D eigenvalue weighted by Crippen LogP contribution is -2.38. The largest absolute Gasteiger partial charge is 0.511 e. The van der Waals surface area contributed by atoms with Gasteiger partial charge in [-0.1, -0.05) is 12.1 Å². The van der Waals surface area contributed by atoms with Crippen molar-refractivity contribution < 1.29 is 52.4 Å². The lowest BCUT2D eigenvalue weighted by atomic mass is 10.2. The first-order valence-electron chi connectivity index (χ1n) is 8.22. The average Bonchev–Trinajstić information content (AvgIpc) is 2.66. The number of hydrogen-bond donors (Lipinski definition) is 4. The predicted octanol–water partition coefficient (Wildman–Crippen LogP) is 2.45. The molecule has 0 aliphatic carbocycles. The van der Waals surface area contributed by atoms with Crippen molar-refractivity contribution in [2.45, 2.75) is 17.8 Å². The van der Waals surface area contributed by atoms with Crippen LogP contribution in [0.4, 0.5) is 4.79 Å². The van der Waals surface area contributed by atoms with Gasteiger partial charge < -0.3 is 29.5 Å². The number of ether oxygens (including phenoxy) is 2. The van der Waals surface area contributed by atoms with Crippen molar-refractivity contribution in [3.8, 4) is 11.5 Å². The Kier molecular flexibility index (Phi) is 6.03. The van der Waals surface area contributed by atoms with Gasteiger partial charge >= 0.3 is 21.3 Å². The summed E-state index contributed by atoms with van der Waals surface area (Å²) in [4.78, 5) is 35.6. The third kappa shape index (κ3) is 3.99. The highest BCUT2D eigenvalue weighted by atomic mass is 31.2. The molecule has 1 aromatic carbocycles. The van der Waals surface area contributed by atoms with Crippen LogP contribution in [-0.4, -0.2) is 43.3 Å². The van der Waals surface area contributed by atoms with Crippen LogP contribution >= 0.6 is 15.2 Å². The number of para-hydroxylation sites is 1. The molecule has 1 aliphatic heterocycles. The highest BCUT2D eigenvalue weighted by Crippen LogP contribution is 2.79. The Morgan fingerprint density at radius 1 is 1.20 bits per heavy atom. The number of hydrogen-bond acceptors (Lipinski definition) is 9. The van der Waals surface area contributed by atoms with Gasteiger partial charge in [-0.2, -0.15) is 0 Å². The third-order valence-corrected chi connectivity index (χ3v) is 8.82. The Bertz CT molecular complexity index is 1020. The summed E-state index contributed by atoms with van der Waals surface area (Å²) in [6, 6.07) is 6.72. The SMILES string of the molecule is COc1cccc(C2OP(=O)(O)C(O)(Cc3cccnc3)P(=O)(O)O2)c1OC(=O)O. The van der Waals surface area contributed by atoms with E-state index in [9.17, 15) is 28.8 Å². The zero-order valence-electron chi connectivity index (χ0n) is 15.3. The van der Waals surface area contributed by atoms with E-state index in [0.717, 1.165) is 0 Å². The van der Waals surface area contributed by atoms with Crippen molar-refractivity contribution >= 4 is 21.3 Å². The third-order valence-electron chi connectivity index (χ3n) is 4.22. The molecule has 2 aromatic rings. The summed E-state index contributed by atoms with van der Waals surface area (Å²) < 4.78 is 45.2. The van der Waals surface area contributed by atoms with Crippen LogP contribution in [0.15, 0.2) is 42.7 Å². The van der Waals surface area contributed by atoms with E-state index in [0.29, 0.717) is 0 Å². The van der Waals surface area contributed by atoms with Crippen LogP contribution in [0.25, 0.3) is 0 Å². The molecule has 0 amide bonds. The lowest BCUT2D eigenvalue weighted by Gasteiger charge is -2.41. The first kappa shape index (κ1) is 22.4. The summed E-state index contributed by atoms with van der Waals surface area (Å²) in [6.07, 6.45) is -1.91. The van der Waals surface area contributed by atoms with Crippen molar-refractivity contribution in [3.63, 3.8) is 0 Å². The molecule has 12 nitrogen and oxygen atoms in total. The summed E-state index contributed by atoms with van der Waals surface area (Å²) >= 11 is 0. The molecular formula is C16H17NO11P2. The Morgan fingerprint density at radius 3 is 2.40 bits per heavy atom. The van der Waals surface area contributed by atoms with Gasteiger partial charge in [-0.15, -0.1) is 0 Å². The van der Waals surface area contributed by atoms with E-state index >= 15 is 0 Å². The van der Waals surface area contributed by atoms with Crippen LogP contribution < -0.4 is 9.47 Å². The maximum absolute atomic E-state index is 12.8. The van der Waals surface area contributed by atoms with Gasteiger partial charge in [0, 0.05) is 18.8 Å². The van der Waals surface area contributed by atoms with Crippen LogP contribution in [0.1, 0.15) is 17.4 Å². The number of aliphatic hydroxyl groups is 1. The van der Waals surface area contributed by atoms with E-state index in [1.807, 2.05) is 0 Å². The monoisotopic (exact) mass is 461 g/mol. The Morgan fingerprint density at radius 2 is 1.87 bits per heavy atom.